The second kappa shape index (κ2) is 8.43. The fourth-order valence-corrected chi connectivity index (χ4v) is 4.03. The van der Waals surface area contributed by atoms with Crippen molar-refractivity contribution in [2.24, 2.45) is 0 Å². The van der Waals surface area contributed by atoms with E-state index in [1.165, 1.54) is 0 Å². The van der Waals surface area contributed by atoms with Crippen LogP contribution in [0.1, 0.15) is 24.4 Å². The third-order valence-electron chi connectivity index (χ3n) is 5.47. The number of fused-ring (bicyclic) bond motifs is 1. The standard InChI is InChI=1S/C24H25NO4/c1-27-18-12-13-20(23(15-18)28-2)21-10-6-14-25(21)24(26)16-29-22-11-5-8-17-7-3-4-9-19(17)22/h3-5,7-9,11-13,15,21H,6,10,14,16H2,1-2H3/t21-/m0/s1. The number of methoxy groups -OCH3 is 2. The summed E-state index contributed by atoms with van der Waals surface area (Å²) in [6.45, 7) is 0.737. The minimum absolute atomic E-state index is 0.0144. The Bertz CT molecular complexity index is 1010. The van der Waals surface area contributed by atoms with Gasteiger partial charge in [0.05, 0.1) is 20.3 Å². The summed E-state index contributed by atoms with van der Waals surface area (Å²) in [5.41, 5.74) is 1.00. The Labute approximate surface area is 170 Å². The number of carbonyl (C=O) groups excluding carboxylic acids is 1. The number of nitrogens with zero attached hydrogens (tertiary/aromatic N) is 1. The van der Waals surface area contributed by atoms with E-state index >= 15 is 0 Å². The Balaban J connectivity index is 1.51. The van der Waals surface area contributed by atoms with Gasteiger partial charge in [0.2, 0.25) is 0 Å². The lowest BCUT2D eigenvalue weighted by Gasteiger charge is -2.26. The lowest BCUT2D eigenvalue weighted by atomic mass is 10.0. The molecule has 1 atom stereocenters. The van der Waals surface area contributed by atoms with E-state index in [1.54, 1.807) is 14.2 Å². The van der Waals surface area contributed by atoms with Crippen LogP contribution in [0.5, 0.6) is 17.2 Å². The van der Waals surface area contributed by atoms with Gasteiger partial charge in [0, 0.05) is 23.6 Å². The van der Waals surface area contributed by atoms with Crippen molar-refractivity contribution in [3.8, 4) is 17.2 Å². The Hall–Kier alpha value is -3.21. The van der Waals surface area contributed by atoms with Gasteiger partial charge in [0.15, 0.2) is 6.61 Å². The van der Waals surface area contributed by atoms with Crippen molar-refractivity contribution < 1.29 is 19.0 Å². The summed E-state index contributed by atoms with van der Waals surface area (Å²) >= 11 is 0. The molecule has 0 spiro atoms. The zero-order valence-corrected chi connectivity index (χ0v) is 16.8. The summed E-state index contributed by atoms with van der Waals surface area (Å²) in [5, 5.41) is 2.11. The summed E-state index contributed by atoms with van der Waals surface area (Å²) in [6, 6.07) is 19.7. The number of carbonyl (C=O) groups is 1. The van der Waals surface area contributed by atoms with Gasteiger partial charge in [-0.25, -0.2) is 0 Å². The van der Waals surface area contributed by atoms with E-state index in [1.807, 2.05) is 65.6 Å². The first kappa shape index (κ1) is 19.1. The molecule has 3 aromatic carbocycles. The first-order chi connectivity index (χ1) is 14.2. The van der Waals surface area contributed by atoms with Crippen LogP contribution in [-0.2, 0) is 4.79 Å². The normalized spacial score (nSPS) is 16.1. The average Bonchev–Trinajstić information content (AvgIpc) is 3.26. The number of amides is 1. The van der Waals surface area contributed by atoms with Crippen LogP contribution in [0.15, 0.2) is 60.7 Å². The van der Waals surface area contributed by atoms with Gasteiger partial charge in [-0.3, -0.25) is 4.79 Å². The topological polar surface area (TPSA) is 48.0 Å². The van der Waals surface area contributed by atoms with Crippen LogP contribution in [0.2, 0.25) is 0 Å². The predicted molar refractivity (Wildman–Crippen MR) is 113 cm³/mol. The van der Waals surface area contributed by atoms with Crippen molar-refractivity contribution in [3.63, 3.8) is 0 Å². The fourth-order valence-electron chi connectivity index (χ4n) is 4.03. The van der Waals surface area contributed by atoms with E-state index in [-0.39, 0.29) is 18.6 Å². The molecule has 1 aliphatic rings. The highest BCUT2D eigenvalue weighted by molar-refractivity contribution is 5.88. The Kier molecular flexibility index (Phi) is 5.56. The third-order valence-corrected chi connectivity index (χ3v) is 5.47. The lowest BCUT2D eigenvalue weighted by Crippen LogP contribution is -2.34. The molecule has 4 rings (SSSR count). The van der Waals surface area contributed by atoms with Crippen LogP contribution in [0, 0.1) is 0 Å². The van der Waals surface area contributed by atoms with Crippen molar-refractivity contribution in [2.75, 3.05) is 27.4 Å². The van der Waals surface area contributed by atoms with E-state index in [0.717, 1.165) is 53.0 Å². The molecule has 1 heterocycles. The average molecular weight is 391 g/mol. The van der Waals surface area contributed by atoms with Gasteiger partial charge in [-0.1, -0.05) is 36.4 Å². The van der Waals surface area contributed by atoms with Crippen LogP contribution in [0.25, 0.3) is 10.8 Å². The largest absolute Gasteiger partial charge is 0.497 e. The van der Waals surface area contributed by atoms with Crippen molar-refractivity contribution in [1.82, 2.24) is 4.90 Å². The van der Waals surface area contributed by atoms with Crippen molar-refractivity contribution >= 4 is 16.7 Å². The minimum Gasteiger partial charge on any atom is -0.497 e. The molecule has 150 valence electrons. The zero-order valence-electron chi connectivity index (χ0n) is 16.8. The van der Waals surface area contributed by atoms with E-state index in [2.05, 4.69) is 0 Å². The summed E-state index contributed by atoms with van der Waals surface area (Å²) in [5.74, 6) is 2.19. The van der Waals surface area contributed by atoms with Crippen molar-refractivity contribution in [1.29, 1.82) is 0 Å². The molecule has 1 aliphatic heterocycles. The quantitative estimate of drug-likeness (QED) is 0.616. The van der Waals surface area contributed by atoms with Gasteiger partial charge >= 0.3 is 0 Å². The molecule has 0 bridgehead atoms. The van der Waals surface area contributed by atoms with Gasteiger partial charge in [-0.2, -0.15) is 0 Å². The molecule has 5 heteroatoms. The van der Waals surface area contributed by atoms with Crippen LogP contribution in [0.4, 0.5) is 0 Å². The molecule has 5 nitrogen and oxygen atoms in total. The Morgan fingerprint density at radius 1 is 1.00 bits per heavy atom. The van der Waals surface area contributed by atoms with E-state index in [9.17, 15) is 4.79 Å². The van der Waals surface area contributed by atoms with E-state index in [0.29, 0.717) is 0 Å². The minimum atomic E-state index is -0.0155. The maximum atomic E-state index is 13.0. The molecule has 0 aliphatic carbocycles. The van der Waals surface area contributed by atoms with E-state index in [4.69, 9.17) is 14.2 Å². The summed E-state index contributed by atoms with van der Waals surface area (Å²) in [4.78, 5) is 14.9. The van der Waals surface area contributed by atoms with Gasteiger partial charge < -0.3 is 19.1 Å². The number of hydrogen-bond acceptors (Lipinski definition) is 4. The molecule has 0 saturated carbocycles. The monoisotopic (exact) mass is 391 g/mol. The fraction of sp³-hybridized carbons (Fsp3) is 0.292. The first-order valence-electron chi connectivity index (χ1n) is 9.83. The smallest absolute Gasteiger partial charge is 0.261 e. The molecule has 1 saturated heterocycles. The molecular formula is C24H25NO4. The molecule has 0 aromatic heterocycles. The van der Waals surface area contributed by atoms with E-state index < -0.39 is 0 Å². The van der Waals surface area contributed by atoms with Gasteiger partial charge in [-0.05, 0) is 36.4 Å². The molecule has 0 N–H and O–H groups in total. The maximum absolute atomic E-state index is 13.0. The highest BCUT2D eigenvalue weighted by Crippen LogP contribution is 2.38. The van der Waals surface area contributed by atoms with Gasteiger partial charge in [0.1, 0.15) is 17.2 Å². The number of ether oxygens (including phenoxy) is 3. The number of likely N-dealkylation sites (tertiary alicyclic amines) is 1. The Morgan fingerprint density at radius 2 is 1.83 bits per heavy atom. The number of benzene rings is 3. The highest BCUT2D eigenvalue weighted by atomic mass is 16.5. The zero-order chi connectivity index (χ0) is 20.2. The molecule has 29 heavy (non-hydrogen) atoms. The molecular weight excluding hydrogens is 366 g/mol. The Morgan fingerprint density at radius 3 is 2.66 bits per heavy atom. The van der Waals surface area contributed by atoms with Gasteiger partial charge in [-0.15, -0.1) is 0 Å². The third kappa shape index (κ3) is 3.86. The second-order valence-electron chi connectivity index (χ2n) is 7.12. The van der Waals surface area contributed by atoms with Crippen LogP contribution < -0.4 is 14.2 Å². The SMILES string of the molecule is COc1ccc([C@@H]2CCCN2C(=O)COc2cccc3ccccc23)c(OC)c1. The maximum Gasteiger partial charge on any atom is 0.261 e. The first-order valence-corrected chi connectivity index (χ1v) is 9.83. The van der Waals surface area contributed by atoms with Crippen LogP contribution in [-0.4, -0.2) is 38.2 Å². The summed E-state index contributed by atoms with van der Waals surface area (Å²) in [7, 11) is 3.27. The number of hydrogen-bond donors (Lipinski definition) is 0. The summed E-state index contributed by atoms with van der Waals surface area (Å²) < 4.78 is 16.8. The molecule has 3 aromatic rings. The highest BCUT2D eigenvalue weighted by Gasteiger charge is 2.32. The van der Waals surface area contributed by atoms with Crippen LogP contribution in [0.3, 0.4) is 0 Å². The lowest BCUT2D eigenvalue weighted by molar-refractivity contribution is -0.134. The predicted octanol–water partition coefficient (Wildman–Crippen LogP) is 4.60. The molecule has 0 radical (unpaired) electrons. The molecule has 0 unspecified atom stereocenters. The van der Waals surface area contributed by atoms with Crippen molar-refractivity contribution in [3.05, 3.63) is 66.2 Å². The van der Waals surface area contributed by atoms with Crippen LogP contribution >= 0.6 is 0 Å². The number of rotatable bonds is 6. The molecule has 1 amide bonds. The summed E-state index contributed by atoms with van der Waals surface area (Å²) in [6.07, 6.45) is 1.86. The van der Waals surface area contributed by atoms with Gasteiger partial charge in [0.25, 0.3) is 5.91 Å². The van der Waals surface area contributed by atoms with Crippen molar-refractivity contribution in [2.45, 2.75) is 18.9 Å². The molecule has 1 fully saturated rings. The second-order valence-corrected chi connectivity index (χ2v) is 7.12.